The molecule has 3 nitrogen and oxygen atoms in total. The fraction of sp³-hybridized carbons (Fsp3) is 0.364. The first-order valence-electron chi connectivity index (χ1n) is 4.58. The number of hydrogen-bond acceptors (Lipinski definition) is 2. The van der Waals surface area contributed by atoms with Gasteiger partial charge in [-0.05, 0) is 18.1 Å². The van der Waals surface area contributed by atoms with Crippen molar-refractivity contribution in [2.24, 2.45) is 0 Å². The molecule has 1 aromatic carbocycles. The number of carboxylic acid groups (broad SMARTS) is 1. The van der Waals surface area contributed by atoms with Crippen molar-refractivity contribution in [2.75, 3.05) is 7.11 Å². The predicted molar refractivity (Wildman–Crippen MR) is 59.1 cm³/mol. The number of benzene rings is 1. The first-order valence-corrected chi connectivity index (χ1v) is 4.96. The molecule has 82 valence electrons. The van der Waals surface area contributed by atoms with E-state index in [9.17, 15) is 4.79 Å². The number of carboxylic acids is 1. The van der Waals surface area contributed by atoms with Crippen LogP contribution in [0.5, 0.6) is 5.75 Å². The third kappa shape index (κ3) is 2.23. The minimum Gasteiger partial charge on any atom is -0.495 e. The van der Waals surface area contributed by atoms with Crippen LogP contribution in [0.2, 0.25) is 5.02 Å². The summed E-state index contributed by atoms with van der Waals surface area (Å²) in [6.45, 7) is 3.88. The van der Waals surface area contributed by atoms with Gasteiger partial charge >= 0.3 is 5.97 Å². The standard InChI is InChI=1S/C11H13ClO3/c1-6(2)9-8(12)5-4-7(11(13)14)10(9)15-3/h4-6H,1-3H3,(H,13,14). The number of carbonyl (C=O) groups is 1. The average Bonchev–Trinajstić information content (AvgIpc) is 2.15. The zero-order valence-corrected chi connectivity index (χ0v) is 9.63. The van der Waals surface area contributed by atoms with Crippen molar-refractivity contribution in [1.82, 2.24) is 0 Å². The Bertz CT molecular complexity index is 386. The predicted octanol–water partition coefficient (Wildman–Crippen LogP) is 3.17. The highest BCUT2D eigenvalue weighted by molar-refractivity contribution is 6.31. The minimum absolute atomic E-state index is 0.117. The van der Waals surface area contributed by atoms with Crippen LogP contribution in [0.15, 0.2) is 12.1 Å². The molecule has 0 fully saturated rings. The molecule has 0 bridgehead atoms. The van der Waals surface area contributed by atoms with Crippen LogP contribution in [0, 0.1) is 0 Å². The van der Waals surface area contributed by atoms with E-state index < -0.39 is 5.97 Å². The monoisotopic (exact) mass is 228 g/mol. The van der Waals surface area contributed by atoms with Gasteiger partial charge in [0.2, 0.25) is 0 Å². The Morgan fingerprint density at radius 2 is 2.07 bits per heavy atom. The Labute approximate surface area is 93.6 Å². The van der Waals surface area contributed by atoms with Crippen molar-refractivity contribution < 1.29 is 14.6 Å². The van der Waals surface area contributed by atoms with Gasteiger partial charge in [-0.1, -0.05) is 25.4 Å². The summed E-state index contributed by atoms with van der Waals surface area (Å²) in [5.41, 5.74) is 0.879. The number of ether oxygens (including phenoxy) is 1. The van der Waals surface area contributed by atoms with E-state index in [0.717, 1.165) is 5.56 Å². The molecule has 1 rings (SSSR count). The van der Waals surface area contributed by atoms with Gasteiger partial charge in [0.05, 0.1) is 7.11 Å². The SMILES string of the molecule is COc1c(C(=O)O)ccc(Cl)c1C(C)C. The molecule has 0 saturated heterocycles. The van der Waals surface area contributed by atoms with Gasteiger partial charge in [-0.25, -0.2) is 4.79 Å². The van der Waals surface area contributed by atoms with E-state index in [-0.39, 0.29) is 11.5 Å². The fourth-order valence-electron chi connectivity index (χ4n) is 1.50. The Kier molecular flexibility index (Phi) is 3.58. The van der Waals surface area contributed by atoms with Crippen LogP contribution in [-0.2, 0) is 0 Å². The highest BCUT2D eigenvalue weighted by Gasteiger charge is 2.19. The molecule has 15 heavy (non-hydrogen) atoms. The zero-order valence-electron chi connectivity index (χ0n) is 8.87. The van der Waals surface area contributed by atoms with Crippen molar-refractivity contribution in [3.8, 4) is 5.75 Å². The maximum Gasteiger partial charge on any atom is 0.339 e. The number of halogens is 1. The van der Waals surface area contributed by atoms with E-state index in [4.69, 9.17) is 21.4 Å². The van der Waals surface area contributed by atoms with E-state index in [1.807, 2.05) is 13.8 Å². The molecule has 0 aliphatic rings. The van der Waals surface area contributed by atoms with Crippen LogP contribution in [0.4, 0.5) is 0 Å². The second-order valence-corrected chi connectivity index (χ2v) is 3.91. The summed E-state index contributed by atoms with van der Waals surface area (Å²) in [6, 6.07) is 3.04. The molecular formula is C11H13ClO3. The van der Waals surface area contributed by atoms with Gasteiger partial charge in [-0.3, -0.25) is 0 Å². The molecule has 0 radical (unpaired) electrons. The largest absolute Gasteiger partial charge is 0.495 e. The molecule has 0 spiro atoms. The molecule has 0 atom stereocenters. The Morgan fingerprint density at radius 1 is 1.47 bits per heavy atom. The minimum atomic E-state index is -1.01. The van der Waals surface area contributed by atoms with Crippen LogP contribution in [-0.4, -0.2) is 18.2 Å². The number of rotatable bonds is 3. The topological polar surface area (TPSA) is 46.5 Å². The third-order valence-electron chi connectivity index (χ3n) is 2.15. The van der Waals surface area contributed by atoms with Crippen LogP contribution in [0.3, 0.4) is 0 Å². The molecule has 0 aromatic heterocycles. The Balaban J connectivity index is 3.47. The normalized spacial score (nSPS) is 10.5. The van der Waals surface area contributed by atoms with Gasteiger partial charge in [0.15, 0.2) is 0 Å². The maximum atomic E-state index is 10.9. The molecule has 0 unspecified atom stereocenters. The second kappa shape index (κ2) is 4.53. The van der Waals surface area contributed by atoms with Crippen molar-refractivity contribution in [1.29, 1.82) is 0 Å². The lowest BCUT2D eigenvalue weighted by molar-refractivity contribution is 0.0693. The molecule has 4 heteroatoms. The van der Waals surface area contributed by atoms with Crippen molar-refractivity contribution >= 4 is 17.6 Å². The highest BCUT2D eigenvalue weighted by atomic mass is 35.5. The summed E-state index contributed by atoms with van der Waals surface area (Å²) >= 11 is 6.01. The average molecular weight is 229 g/mol. The van der Waals surface area contributed by atoms with E-state index in [2.05, 4.69) is 0 Å². The maximum absolute atomic E-state index is 10.9. The lowest BCUT2D eigenvalue weighted by Crippen LogP contribution is -2.05. The first-order chi connectivity index (χ1) is 6.99. The lowest BCUT2D eigenvalue weighted by atomic mass is 9.99. The number of methoxy groups -OCH3 is 1. The molecule has 0 aliphatic carbocycles. The van der Waals surface area contributed by atoms with E-state index >= 15 is 0 Å². The van der Waals surface area contributed by atoms with Crippen molar-refractivity contribution in [3.63, 3.8) is 0 Å². The quantitative estimate of drug-likeness (QED) is 0.865. The lowest BCUT2D eigenvalue weighted by Gasteiger charge is -2.15. The molecule has 1 aromatic rings. The van der Waals surface area contributed by atoms with Crippen LogP contribution in [0.1, 0.15) is 35.7 Å². The van der Waals surface area contributed by atoms with E-state index in [0.29, 0.717) is 10.8 Å². The van der Waals surface area contributed by atoms with Gasteiger partial charge < -0.3 is 9.84 Å². The second-order valence-electron chi connectivity index (χ2n) is 3.50. The summed E-state index contributed by atoms with van der Waals surface area (Å²) in [6.07, 6.45) is 0. The number of aromatic carboxylic acids is 1. The molecule has 0 amide bonds. The summed E-state index contributed by atoms with van der Waals surface area (Å²) < 4.78 is 5.11. The molecule has 0 aliphatic heterocycles. The van der Waals surface area contributed by atoms with Crippen LogP contribution >= 0.6 is 11.6 Å². The van der Waals surface area contributed by atoms with Gasteiger partial charge in [0, 0.05) is 10.6 Å². The van der Waals surface area contributed by atoms with E-state index in [1.54, 1.807) is 6.07 Å². The summed E-state index contributed by atoms with van der Waals surface area (Å²) in [4.78, 5) is 10.9. The van der Waals surface area contributed by atoms with Gasteiger partial charge in [-0.15, -0.1) is 0 Å². The van der Waals surface area contributed by atoms with Crippen molar-refractivity contribution in [2.45, 2.75) is 19.8 Å². The zero-order chi connectivity index (χ0) is 11.6. The fourth-order valence-corrected chi connectivity index (χ4v) is 1.87. The Hall–Kier alpha value is -1.22. The number of hydrogen-bond donors (Lipinski definition) is 1. The summed E-state index contributed by atoms with van der Waals surface area (Å²) in [7, 11) is 1.45. The highest BCUT2D eigenvalue weighted by Crippen LogP contribution is 2.35. The summed E-state index contributed by atoms with van der Waals surface area (Å²) in [5, 5.41) is 9.50. The van der Waals surface area contributed by atoms with Crippen molar-refractivity contribution in [3.05, 3.63) is 28.3 Å². The molecule has 1 N–H and O–H groups in total. The van der Waals surface area contributed by atoms with Gasteiger partial charge in [-0.2, -0.15) is 0 Å². The van der Waals surface area contributed by atoms with Crippen LogP contribution in [0.25, 0.3) is 0 Å². The van der Waals surface area contributed by atoms with Crippen LogP contribution < -0.4 is 4.74 Å². The molecule has 0 heterocycles. The molecule has 0 saturated carbocycles. The third-order valence-corrected chi connectivity index (χ3v) is 2.48. The summed E-state index contributed by atoms with van der Waals surface area (Å²) in [5.74, 6) is -0.540. The Morgan fingerprint density at radius 3 is 2.47 bits per heavy atom. The van der Waals surface area contributed by atoms with Gasteiger partial charge in [0.1, 0.15) is 11.3 Å². The smallest absolute Gasteiger partial charge is 0.339 e. The van der Waals surface area contributed by atoms with E-state index in [1.165, 1.54) is 13.2 Å². The molecular weight excluding hydrogens is 216 g/mol. The first kappa shape index (κ1) is 11.9. The van der Waals surface area contributed by atoms with Gasteiger partial charge in [0.25, 0.3) is 0 Å².